The van der Waals surface area contributed by atoms with E-state index in [0.29, 0.717) is 30.5 Å². The summed E-state index contributed by atoms with van der Waals surface area (Å²) in [5.74, 6) is 1.92. The maximum absolute atomic E-state index is 12.2. The smallest absolute Gasteiger partial charge is 0.224 e. The summed E-state index contributed by atoms with van der Waals surface area (Å²) in [5, 5.41) is 9.92. The Bertz CT molecular complexity index is 656. The van der Waals surface area contributed by atoms with Gasteiger partial charge < -0.3 is 11.1 Å². The largest absolute Gasteiger partial charge is 0.326 e. The van der Waals surface area contributed by atoms with Crippen LogP contribution in [0.1, 0.15) is 50.8 Å². The fourth-order valence-corrected chi connectivity index (χ4v) is 3.26. The van der Waals surface area contributed by atoms with Gasteiger partial charge in [-0.05, 0) is 43.0 Å². The molecule has 4 N–H and O–H groups in total. The first-order valence-electron chi connectivity index (χ1n) is 8.76. The topological polar surface area (TPSA) is 96.7 Å². The Kier molecular flexibility index (Phi) is 5.59. The van der Waals surface area contributed by atoms with Crippen LogP contribution in [0.4, 0.5) is 5.69 Å². The summed E-state index contributed by atoms with van der Waals surface area (Å²) in [5.41, 5.74) is 7.23. The second-order valence-electron chi connectivity index (χ2n) is 6.50. The zero-order valence-electron chi connectivity index (χ0n) is 13.9. The van der Waals surface area contributed by atoms with Crippen molar-refractivity contribution in [3.63, 3.8) is 0 Å². The van der Waals surface area contributed by atoms with Crippen LogP contribution in [0, 0.1) is 5.92 Å². The molecule has 6 nitrogen and oxygen atoms in total. The van der Waals surface area contributed by atoms with E-state index in [2.05, 4.69) is 20.5 Å². The van der Waals surface area contributed by atoms with Gasteiger partial charge >= 0.3 is 0 Å². The Hall–Kier alpha value is -2.21. The second kappa shape index (κ2) is 8.06. The lowest BCUT2D eigenvalue weighted by Crippen LogP contribution is -2.16. The zero-order chi connectivity index (χ0) is 16.8. The monoisotopic (exact) mass is 327 g/mol. The molecule has 2 aromatic rings. The molecule has 0 bridgehead atoms. The van der Waals surface area contributed by atoms with Crippen LogP contribution in [0.15, 0.2) is 24.3 Å². The fourth-order valence-electron chi connectivity index (χ4n) is 3.26. The number of nitrogens with two attached hydrogens (primary N) is 1. The molecule has 24 heavy (non-hydrogen) atoms. The van der Waals surface area contributed by atoms with Crippen molar-refractivity contribution in [3.8, 4) is 11.4 Å². The molecule has 0 saturated heterocycles. The Morgan fingerprint density at radius 1 is 1.17 bits per heavy atom. The van der Waals surface area contributed by atoms with E-state index in [1.807, 2.05) is 24.3 Å². The number of nitrogens with zero attached hydrogens (tertiary/aromatic N) is 2. The number of H-pyrrole nitrogens is 1. The van der Waals surface area contributed by atoms with Crippen LogP contribution in [0.3, 0.4) is 0 Å². The van der Waals surface area contributed by atoms with Crippen molar-refractivity contribution in [1.29, 1.82) is 0 Å². The maximum Gasteiger partial charge on any atom is 0.224 e. The maximum atomic E-state index is 12.2. The highest BCUT2D eigenvalue weighted by atomic mass is 16.1. The molecule has 0 aliphatic heterocycles. The zero-order valence-corrected chi connectivity index (χ0v) is 13.9. The number of carbonyl (C=O) groups excluding carboxylic acids is 1. The number of benzene rings is 1. The molecule has 3 rings (SSSR count). The van der Waals surface area contributed by atoms with Gasteiger partial charge in [0.1, 0.15) is 5.82 Å². The summed E-state index contributed by atoms with van der Waals surface area (Å²) in [6.07, 6.45) is 8.13. The lowest BCUT2D eigenvalue weighted by Gasteiger charge is -2.13. The third-order valence-electron chi connectivity index (χ3n) is 4.60. The van der Waals surface area contributed by atoms with E-state index in [9.17, 15) is 4.79 Å². The first-order chi connectivity index (χ1) is 11.7. The number of aromatic amines is 1. The lowest BCUT2D eigenvalue weighted by atomic mass is 9.96. The summed E-state index contributed by atoms with van der Waals surface area (Å²) in [4.78, 5) is 16.5. The number of aromatic nitrogens is 3. The molecular weight excluding hydrogens is 302 g/mol. The summed E-state index contributed by atoms with van der Waals surface area (Å²) < 4.78 is 0. The summed E-state index contributed by atoms with van der Waals surface area (Å²) in [6, 6.07) is 7.59. The predicted molar refractivity (Wildman–Crippen MR) is 94.1 cm³/mol. The highest BCUT2D eigenvalue weighted by Crippen LogP contribution is 2.26. The van der Waals surface area contributed by atoms with Crippen molar-refractivity contribution in [2.45, 2.75) is 51.5 Å². The van der Waals surface area contributed by atoms with Gasteiger partial charge in [0.25, 0.3) is 0 Å². The summed E-state index contributed by atoms with van der Waals surface area (Å²) in [7, 11) is 0. The van der Waals surface area contributed by atoms with Gasteiger partial charge in [-0.1, -0.05) is 25.7 Å². The molecule has 0 atom stereocenters. The Balaban J connectivity index is 1.56. The van der Waals surface area contributed by atoms with E-state index >= 15 is 0 Å². The molecule has 1 heterocycles. The SMILES string of the molecule is NCc1nc(-c2ccc(NC(=O)CC3CCCCCC3)cc2)n[nH]1. The molecule has 1 aromatic carbocycles. The second-order valence-corrected chi connectivity index (χ2v) is 6.50. The van der Waals surface area contributed by atoms with Crippen LogP contribution in [0.5, 0.6) is 0 Å². The van der Waals surface area contributed by atoms with Crippen molar-refractivity contribution < 1.29 is 4.79 Å². The number of carbonyl (C=O) groups is 1. The third kappa shape index (κ3) is 4.41. The first-order valence-corrected chi connectivity index (χ1v) is 8.76. The number of hydrogen-bond donors (Lipinski definition) is 3. The number of rotatable bonds is 5. The minimum atomic E-state index is 0.109. The quantitative estimate of drug-likeness (QED) is 0.734. The molecule has 0 spiro atoms. The molecule has 0 unspecified atom stereocenters. The van der Waals surface area contributed by atoms with Crippen LogP contribution in [0.25, 0.3) is 11.4 Å². The van der Waals surface area contributed by atoms with Gasteiger partial charge in [0, 0.05) is 17.7 Å². The average Bonchev–Trinajstić information content (AvgIpc) is 2.93. The summed E-state index contributed by atoms with van der Waals surface area (Å²) in [6.45, 7) is 0.336. The molecule has 0 radical (unpaired) electrons. The molecule has 1 aliphatic carbocycles. The van der Waals surface area contributed by atoms with Gasteiger partial charge in [-0.2, -0.15) is 5.10 Å². The standard InChI is InChI=1S/C18H25N5O/c19-12-16-21-18(23-22-16)14-7-9-15(10-8-14)20-17(24)11-13-5-3-1-2-4-6-13/h7-10,13H,1-6,11-12,19H2,(H,20,24)(H,21,22,23). The molecule has 6 heteroatoms. The van der Waals surface area contributed by atoms with Crippen LogP contribution < -0.4 is 11.1 Å². The first kappa shape index (κ1) is 16.6. The number of nitrogens with one attached hydrogen (secondary N) is 2. The average molecular weight is 327 g/mol. The van der Waals surface area contributed by atoms with Gasteiger partial charge in [0.05, 0.1) is 6.54 Å². The fraction of sp³-hybridized carbons (Fsp3) is 0.500. The van der Waals surface area contributed by atoms with E-state index in [1.165, 1.54) is 38.5 Å². The van der Waals surface area contributed by atoms with E-state index in [4.69, 9.17) is 5.73 Å². The van der Waals surface area contributed by atoms with Gasteiger partial charge in [-0.25, -0.2) is 4.98 Å². The van der Waals surface area contributed by atoms with E-state index in [0.717, 1.165) is 11.3 Å². The van der Waals surface area contributed by atoms with Gasteiger partial charge in [-0.15, -0.1) is 0 Å². The molecule has 1 amide bonds. The third-order valence-corrected chi connectivity index (χ3v) is 4.60. The Labute approximate surface area is 142 Å². The minimum absolute atomic E-state index is 0.109. The molecule has 1 aliphatic rings. The normalized spacial score (nSPS) is 15.9. The van der Waals surface area contributed by atoms with Crippen LogP contribution in [0.2, 0.25) is 0 Å². The molecule has 1 aromatic heterocycles. The number of amides is 1. The van der Waals surface area contributed by atoms with Crippen molar-refractivity contribution in [1.82, 2.24) is 15.2 Å². The highest BCUT2D eigenvalue weighted by Gasteiger charge is 2.16. The van der Waals surface area contributed by atoms with E-state index < -0.39 is 0 Å². The van der Waals surface area contributed by atoms with Gasteiger partial charge in [0.2, 0.25) is 5.91 Å². The van der Waals surface area contributed by atoms with Crippen molar-refractivity contribution >= 4 is 11.6 Å². The molecule has 1 saturated carbocycles. The van der Waals surface area contributed by atoms with E-state index in [-0.39, 0.29) is 5.91 Å². The van der Waals surface area contributed by atoms with Gasteiger partial charge in [-0.3, -0.25) is 9.89 Å². The van der Waals surface area contributed by atoms with Gasteiger partial charge in [0.15, 0.2) is 5.82 Å². The van der Waals surface area contributed by atoms with Crippen molar-refractivity contribution in [2.75, 3.05) is 5.32 Å². The Morgan fingerprint density at radius 3 is 2.50 bits per heavy atom. The lowest BCUT2D eigenvalue weighted by molar-refractivity contribution is -0.117. The number of hydrogen-bond acceptors (Lipinski definition) is 4. The summed E-state index contributed by atoms with van der Waals surface area (Å²) >= 11 is 0. The van der Waals surface area contributed by atoms with Crippen molar-refractivity contribution in [3.05, 3.63) is 30.1 Å². The van der Waals surface area contributed by atoms with Crippen LogP contribution in [-0.4, -0.2) is 21.1 Å². The Morgan fingerprint density at radius 2 is 1.88 bits per heavy atom. The molecule has 1 fully saturated rings. The molecular formula is C18H25N5O. The molecule has 128 valence electrons. The minimum Gasteiger partial charge on any atom is -0.326 e. The van der Waals surface area contributed by atoms with Crippen molar-refractivity contribution in [2.24, 2.45) is 11.7 Å². The van der Waals surface area contributed by atoms with Crippen LogP contribution in [-0.2, 0) is 11.3 Å². The predicted octanol–water partition coefficient (Wildman–Crippen LogP) is 3.23. The van der Waals surface area contributed by atoms with Crippen LogP contribution >= 0.6 is 0 Å². The highest BCUT2D eigenvalue weighted by molar-refractivity contribution is 5.91. The number of anilines is 1. The van der Waals surface area contributed by atoms with E-state index in [1.54, 1.807) is 0 Å².